The molecule has 0 saturated carbocycles. The molecule has 1 aromatic carbocycles. The molecule has 0 spiro atoms. The summed E-state index contributed by atoms with van der Waals surface area (Å²) in [5, 5.41) is 2.76. The Morgan fingerprint density at radius 1 is 1.23 bits per heavy atom. The fourth-order valence-corrected chi connectivity index (χ4v) is 3.77. The standard InChI is InChI=1S/C17H28N2O5S2/c1-17(2,3)25-10-9-18-16(20)12-19(26(6,21)22)14-11-13(23-4)7-8-15(14)24-5/h7-8,11H,9-10,12H2,1-6H3,(H,18,20). The van der Waals surface area contributed by atoms with E-state index < -0.39 is 10.0 Å². The molecule has 0 heterocycles. The Hall–Kier alpha value is -1.61. The summed E-state index contributed by atoms with van der Waals surface area (Å²) >= 11 is 1.72. The third-order valence-corrected chi connectivity index (χ3v) is 5.70. The number of hydrogen-bond donors (Lipinski definition) is 1. The van der Waals surface area contributed by atoms with Crippen molar-refractivity contribution in [3.63, 3.8) is 0 Å². The summed E-state index contributed by atoms with van der Waals surface area (Å²) in [4.78, 5) is 12.3. The molecule has 1 amide bonds. The smallest absolute Gasteiger partial charge is 0.240 e. The number of rotatable bonds is 9. The Kier molecular flexibility index (Phi) is 8.08. The highest BCUT2D eigenvalue weighted by molar-refractivity contribution is 8.00. The molecule has 7 nitrogen and oxygen atoms in total. The average Bonchev–Trinajstić information content (AvgIpc) is 2.54. The first kappa shape index (κ1) is 22.4. The van der Waals surface area contributed by atoms with Gasteiger partial charge in [0.05, 0.1) is 26.2 Å². The molecule has 9 heteroatoms. The van der Waals surface area contributed by atoms with E-state index in [4.69, 9.17) is 9.47 Å². The molecular formula is C17H28N2O5S2. The van der Waals surface area contributed by atoms with Crippen molar-refractivity contribution in [1.29, 1.82) is 0 Å². The molecule has 0 aromatic heterocycles. The number of thioether (sulfide) groups is 1. The van der Waals surface area contributed by atoms with Crippen LogP contribution in [0.15, 0.2) is 18.2 Å². The van der Waals surface area contributed by atoms with Crippen molar-refractivity contribution in [3.8, 4) is 11.5 Å². The lowest BCUT2D eigenvalue weighted by Crippen LogP contribution is -2.41. The van der Waals surface area contributed by atoms with Gasteiger partial charge in [-0.2, -0.15) is 11.8 Å². The molecule has 148 valence electrons. The molecule has 1 aromatic rings. The maximum absolute atomic E-state index is 12.3. The number of ether oxygens (including phenoxy) is 2. The van der Waals surface area contributed by atoms with E-state index >= 15 is 0 Å². The van der Waals surface area contributed by atoms with Crippen LogP contribution in [0.2, 0.25) is 0 Å². The van der Waals surface area contributed by atoms with Crippen molar-refractivity contribution in [2.45, 2.75) is 25.5 Å². The SMILES string of the molecule is COc1ccc(OC)c(N(CC(=O)NCCSC(C)(C)C)S(C)(=O)=O)c1. The molecule has 0 fully saturated rings. The van der Waals surface area contributed by atoms with E-state index in [1.165, 1.54) is 20.3 Å². The summed E-state index contributed by atoms with van der Waals surface area (Å²) in [6.45, 7) is 6.43. The van der Waals surface area contributed by atoms with E-state index in [1.807, 2.05) is 0 Å². The summed E-state index contributed by atoms with van der Waals surface area (Å²) in [7, 11) is -0.771. The highest BCUT2D eigenvalue weighted by atomic mass is 32.2. The minimum Gasteiger partial charge on any atom is -0.497 e. The molecule has 0 aliphatic rings. The second-order valence-corrected chi connectivity index (χ2v) is 10.4. The third-order valence-electron chi connectivity index (χ3n) is 3.30. The van der Waals surface area contributed by atoms with Gasteiger partial charge in [-0.3, -0.25) is 9.10 Å². The lowest BCUT2D eigenvalue weighted by molar-refractivity contribution is -0.119. The average molecular weight is 405 g/mol. The van der Waals surface area contributed by atoms with Crippen molar-refractivity contribution in [3.05, 3.63) is 18.2 Å². The van der Waals surface area contributed by atoms with Crippen LogP contribution in [-0.4, -0.2) is 58.4 Å². The van der Waals surface area contributed by atoms with Crippen molar-refractivity contribution >= 4 is 33.4 Å². The highest BCUT2D eigenvalue weighted by Gasteiger charge is 2.24. The number of benzene rings is 1. The predicted molar refractivity (Wildman–Crippen MR) is 107 cm³/mol. The Labute approximate surface area is 160 Å². The lowest BCUT2D eigenvalue weighted by atomic mass is 10.2. The molecule has 0 saturated heterocycles. The summed E-state index contributed by atoms with van der Waals surface area (Å²) < 4.78 is 36.0. The van der Waals surface area contributed by atoms with Gasteiger partial charge in [-0.1, -0.05) is 20.8 Å². The molecule has 0 unspecified atom stereocenters. The quantitative estimate of drug-likeness (QED) is 0.635. The first-order valence-electron chi connectivity index (χ1n) is 8.08. The zero-order valence-corrected chi connectivity index (χ0v) is 17.8. The molecule has 1 rings (SSSR count). The van der Waals surface area contributed by atoms with E-state index in [0.29, 0.717) is 18.0 Å². The second kappa shape index (κ2) is 9.36. The molecule has 0 aliphatic heterocycles. The van der Waals surface area contributed by atoms with Crippen LogP contribution in [0.5, 0.6) is 11.5 Å². The Morgan fingerprint density at radius 3 is 2.38 bits per heavy atom. The molecule has 0 atom stereocenters. The normalized spacial score (nSPS) is 11.8. The van der Waals surface area contributed by atoms with Gasteiger partial charge in [0, 0.05) is 23.1 Å². The van der Waals surface area contributed by atoms with E-state index in [2.05, 4.69) is 26.1 Å². The van der Waals surface area contributed by atoms with Crippen LogP contribution in [0.25, 0.3) is 0 Å². The van der Waals surface area contributed by atoms with Crippen LogP contribution in [0, 0.1) is 0 Å². The van der Waals surface area contributed by atoms with Gasteiger partial charge in [0.2, 0.25) is 15.9 Å². The number of hydrogen-bond acceptors (Lipinski definition) is 6. The van der Waals surface area contributed by atoms with E-state index in [1.54, 1.807) is 23.9 Å². The minimum atomic E-state index is -3.69. The maximum atomic E-state index is 12.3. The molecular weight excluding hydrogens is 376 g/mol. The van der Waals surface area contributed by atoms with Gasteiger partial charge in [0.25, 0.3) is 0 Å². The molecule has 0 bridgehead atoms. The first-order valence-corrected chi connectivity index (χ1v) is 10.9. The molecule has 0 aliphatic carbocycles. The number of sulfonamides is 1. The fraction of sp³-hybridized carbons (Fsp3) is 0.588. The van der Waals surface area contributed by atoms with Crippen LogP contribution >= 0.6 is 11.8 Å². The van der Waals surface area contributed by atoms with Gasteiger partial charge >= 0.3 is 0 Å². The minimum absolute atomic E-state index is 0.109. The van der Waals surface area contributed by atoms with Crippen molar-refractivity contribution in [2.75, 3.05) is 43.6 Å². The number of methoxy groups -OCH3 is 2. The zero-order valence-electron chi connectivity index (χ0n) is 16.2. The third kappa shape index (κ3) is 7.33. The number of amides is 1. The van der Waals surface area contributed by atoms with Crippen molar-refractivity contribution in [2.24, 2.45) is 0 Å². The van der Waals surface area contributed by atoms with Crippen LogP contribution in [0.1, 0.15) is 20.8 Å². The summed E-state index contributed by atoms with van der Waals surface area (Å²) in [6, 6.07) is 4.79. The largest absolute Gasteiger partial charge is 0.497 e. The monoisotopic (exact) mass is 404 g/mol. The Balaban J connectivity index is 2.91. The van der Waals surface area contributed by atoms with Crippen molar-refractivity contribution < 1.29 is 22.7 Å². The van der Waals surface area contributed by atoms with Crippen LogP contribution in [0.4, 0.5) is 5.69 Å². The predicted octanol–water partition coefficient (Wildman–Crippen LogP) is 2.12. The van der Waals surface area contributed by atoms with Gasteiger partial charge in [-0.25, -0.2) is 8.42 Å². The summed E-state index contributed by atoms with van der Waals surface area (Å²) in [5.41, 5.74) is 0.258. The van der Waals surface area contributed by atoms with Gasteiger partial charge < -0.3 is 14.8 Å². The van der Waals surface area contributed by atoms with Crippen molar-refractivity contribution in [1.82, 2.24) is 5.32 Å². The van der Waals surface area contributed by atoms with Gasteiger partial charge in [0.15, 0.2) is 0 Å². The summed E-state index contributed by atoms with van der Waals surface area (Å²) in [6.07, 6.45) is 1.05. The number of carbonyl (C=O) groups is 1. The van der Waals surface area contributed by atoms with Gasteiger partial charge in [0.1, 0.15) is 18.0 Å². The zero-order chi connectivity index (χ0) is 20.0. The molecule has 26 heavy (non-hydrogen) atoms. The number of nitrogens with zero attached hydrogens (tertiary/aromatic N) is 1. The van der Waals surface area contributed by atoms with E-state index in [-0.39, 0.29) is 22.9 Å². The van der Waals surface area contributed by atoms with Gasteiger partial charge in [-0.15, -0.1) is 0 Å². The summed E-state index contributed by atoms with van der Waals surface area (Å²) in [5.74, 6) is 1.18. The fourth-order valence-electron chi connectivity index (χ4n) is 2.11. The van der Waals surface area contributed by atoms with E-state index in [0.717, 1.165) is 16.3 Å². The number of nitrogens with one attached hydrogen (secondary N) is 1. The second-order valence-electron chi connectivity index (χ2n) is 6.62. The van der Waals surface area contributed by atoms with E-state index in [9.17, 15) is 13.2 Å². The van der Waals surface area contributed by atoms with Gasteiger partial charge in [-0.05, 0) is 12.1 Å². The Bertz CT molecular complexity index is 714. The Morgan fingerprint density at radius 2 is 1.88 bits per heavy atom. The lowest BCUT2D eigenvalue weighted by Gasteiger charge is -2.24. The number of carbonyl (C=O) groups excluding carboxylic acids is 1. The highest BCUT2D eigenvalue weighted by Crippen LogP contribution is 2.33. The topological polar surface area (TPSA) is 84.9 Å². The van der Waals surface area contributed by atoms with Crippen LogP contribution < -0.4 is 19.1 Å². The van der Waals surface area contributed by atoms with Crippen LogP contribution in [0.3, 0.4) is 0 Å². The number of anilines is 1. The maximum Gasteiger partial charge on any atom is 0.240 e. The first-order chi connectivity index (χ1) is 12.0. The molecule has 1 N–H and O–H groups in total. The van der Waals surface area contributed by atoms with Crippen LogP contribution in [-0.2, 0) is 14.8 Å². The molecule has 0 radical (unpaired) electrons.